The molecule has 2 N–H and O–H groups in total. The number of nitrogens with zero attached hydrogens (tertiary/aromatic N) is 1. The lowest BCUT2D eigenvalue weighted by Crippen LogP contribution is -2.33. The molecule has 1 fully saturated rings. The van der Waals surface area contributed by atoms with E-state index in [0.29, 0.717) is 5.69 Å². The Hall–Kier alpha value is -1.45. The van der Waals surface area contributed by atoms with Gasteiger partial charge in [0.05, 0.1) is 17.5 Å². The first-order valence-electron chi connectivity index (χ1n) is 6.98. The van der Waals surface area contributed by atoms with Crippen molar-refractivity contribution in [1.29, 1.82) is 0 Å². The van der Waals surface area contributed by atoms with Crippen LogP contribution >= 0.6 is 0 Å². The summed E-state index contributed by atoms with van der Waals surface area (Å²) in [7, 11) is 0. The van der Waals surface area contributed by atoms with E-state index in [1.165, 1.54) is 6.07 Å². The minimum Gasteiger partial charge on any atom is -0.488 e. The lowest BCUT2D eigenvalue weighted by molar-refractivity contribution is 0.231. The molecule has 0 aromatic heterocycles. The molecule has 106 valence electrons. The van der Waals surface area contributed by atoms with Crippen molar-refractivity contribution < 1.29 is 9.13 Å². The number of hydrogen-bond donors (Lipinski definition) is 1. The number of benzene rings is 1. The molecule has 0 radical (unpaired) electrons. The quantitative estimate of drug-likeness (QED) is 0.852. The van der Waals surface area contributed by atoms with Gasteiger partial charge in [0.2, 0.25) is 0 Å². The van der Waals surface area contributed by atoms with Gasteiger partial charge >= 0.3 is 0 Å². The number of anilines is 2. The smallest absolute Gasteiger partial charge is 0.167 e. The van der Waals surface area contributed by atoms with Gasteiger partial charge in [-0.15, -0.1) is 0 Å². The van der Waals surface area contributed by atoms with Crippen LogP contribution in [-0.4, -0.2) is 19.2 Å². The van der Waals surface area contributed by atoms with Crippen molar-refractivity contribution in [3.05, 3.63) is 17.9 Å². The average molecular weight is 266 g/mol. The van der Waals surface area contributed by atoms with Crippen molar-refractivity contribution in [3.63, 3.8) is 0 Å². The Bertz CT molecular complexity index is 440. The summed E-state index contributed by atoms with van der Waals surface area (Å²) in [6.45, 7) is 7.98. The normalized spacial score (nSPS) is 17.0. The third-order valence-corrected chi connectivity index (χ3v) is 3.57. The van der Waals surface area contributed by atoms with Crippen LogP contribution in [0.5, 0.6) is 5.75 Å². The highest BCUT2D eigenvalue weighted by atomic mass is 19.1. The van der Waals surface area contributed by atoms with Crippen LogP contribution in [0.15, 0.2) is 12.1 Å². The van der Waals surface area contributed by atoms with E-state index < -0.39 is 0 Å². The molecule has 0 atom stereocenters. The van der Waals surface area contributed by atoms with Gasteiger partial charge in [0, 0.05) is 25.2 Å². The number of nitrogens with two attached hydrogens (primary N) is 1. The van der Waals surface area contributed by atoms with Crippen LogP contribution in [0.1, 0.15) is 33.6 Å². The van der Waals surface area contributed by atoms with Crippen molar-refractivity contribution in [2.45, 2.75) is 39.7 Å². The van der Waals surface area contributed by atoms with Gasteiger partial charge in [-0.05, 0) is 32.6 Å². The second kappa shape index (κ2) is 5.68. The molecular formula is C15H23FN2O. The van der Waals surface area contributed by atoms with Crippen LogP contribution in [0.3, 0.4) is 0 Å². The number of nitrogen functional groups attached to an aromatic ring is 1. The van der Waals surface area contributed by atoms with E-state index in [4.69, 9.17) is 10.5 Å². The molecule has 1 aromatic rings. The molecule has 1 aliphatic heterocycles. The van der Waals surface area contributed by atoms with Gasteiger partial charge in [-0.3, -0.25) is 0 Å². The fraction of sp³-hybridized carbons (Fsp3) is 0.600. The summed E-state index contributed by atoms with van der Waals surface area (Å²) >= 11 is 0. The largest absolute Gasteiger partial charge is 0.488 e. The maximum atomic E-state index is 13.8. The maximum Gasteiger partial charge on any atom is 0.167 e. The van der Waals surface area contributed by atoms with Crippen LogP contribution in [0.4, 0.5) is 15.8 Å². The van der Waals surface area contributed by atoms with Gasteiger partial charge in [-0.1, -0.05) is 6.92 Å². The Morgan fingerprint density at radius 1 is 1.32 bits per heavy atom. The molecule has 4 heteroatoms. The molecule has 0 aliphatic carbocycles. The van der Waals surface area contributed by atoms with Gasteiger partial charge < -0.3 is 15.4 Å². The summed E-state index contributed by atoms with van der Waals surface area (Å²) in [5.41, 5.74) is 7.33. The molecule has 19 heavy (non-hydrogen) atoms. The Balaban J connectivity index is 2.24. The Morgan fingerprint density at radius 3 is 2.53 bits per heavy atom. The SMILES string of the molecule is CC1CCN(c2cc(OC(C)C)c(F)cc2N)CC1. The van der Waals surface area contributed by atoms with E-state index >= 15 is 0 Å². The van der Waals surface area contributed by atoms with Gasteiger partial charge in [0.25, 0.3) is 0 Å². The molecule has 2 rings (SSSR count). The van der Waals surface area contributed by atoms with E-state index in [-0.39, 0.29) is 17.7 Å². The van der Waals surface area contributed by atoms with E-state index in [9.17, 15) is 4.39 Å². The number of halogens is 1. The Labute approximate surface area is 114 Å². The first-order valence-corrected chi connectivity index (χ1v) is 6.98. The van der Waals surface area contributed by atoms with E-state index in [0.717, 1.165) is 37.5 Å². The molecule has 3 nitrogen and oxygen atoms in total. The molecule has 1 saturated heterocycles. The fourth-order valence-corrected chi connectivity index (χ4v) is 2.43. The maximum absolute atomic E-state index is 13.8. The topological polar surface area (TPSA) is 38.5 Å². The highest BCUT2D eigenvalue weighted by Crippen LogP contribution is 2.33. The summed E-state index contributed by atoms with van der Waals surface area (Å²) in [6, 6.07) is 3.10. The predicted molar refractivity (Wildman–Crippen MR) is 77.2 cm³/mol. The highest BCUT2D eigenvalue weighted by molar-refractivity contribution is 5.70. The number of rotatable bonds is 3. The number of ether oxygens (including phenoxy) is 1. The van der Waals surface area contributed by atoms with Crippen LogP contribution in [0, 0.1) is 11.7 Å². The van der Waals surface area contributed by atoms with Gasteiger partial charge in [0.1, 0.15) is 0 Å². The van der Waals surface area contributed by atoms with Crippen molar-refractivity contribution in [1.82, 2.24) is 0 Å². The monoisotopic (exact) mass is 266 g/mol. The first-order chi connectivity index (χ1) is 8.97. The molecule has 1 aliphatic rings. The molecule has 1 aromatic carbocycles. The van der Waals surface area contributed by atoms with Crippen molar-refractivity contribution in [2.75, 3.05) is 23.7 Å². The Kier molecular flexibility index (Phi) is 4.17. The molecule has 0 spiro atoms. The summed E-state index contributed by atoms with van der Waals surface area (Å²) < 4.78 is 19.3. The molecule has 0 unspecified atom stereocenters. The van der Waals surface area contributed by atoms with Crippen LogP contribution < -0.4 is 15.4 Å². The number of hydrogen-bond acceptors (Lipinski definition) is 3. The van der Waals surface area contributed by atoms with E-state index in [1.54, 1.807) is 6.07 Å². The van der Waals surface area contributed by atoms with Crippen molar-refractivity contribution >= 4 is 11.4 Å². The minimum absolute atomic E-state index is 0.0487. The summed E-state index contributed by atoms with van der Waals surface area (Å²) in [6.07, 6.45) is 2.25. The third kappa shape index (κ3) is 3.31. The fourth-order valence-electron chi connectivity index (χ4n) is 2.43. The molecule has 1 heterocycles. The van der Waals surface area contributed by atoms with Gasteiger partial charge in [-0.25, -0.2) is 4.39 Å². The third-order valence-electron chi connectivity index (χ3n) is 3.57. The first kappa shape index (κ1) is 14.0. The zero-order valence-electron chi connectivity index (χ0n) is 11.9. The lowest BCUT2D eigenvalue weighted by Gasteiger charge is -2.33. The van der Waals surface area contributed by atoms with E-state index in [2.05, 4.69) is 11.8 Å². The minimum atomic E-state index is -0.389. The molecular weight excluding hydrogens is 243 g/mol. The standard InChI is InChI=1S/C15H23FN2O/c1-10(2)19-15-9-14(13(17)8-12(15)16)18-6-4-11(3)5-7-18/h8-11H,4-7,17H2,1-3H3. The molecule has 0 bridgehead atoms. The number of piperidine rings is 1. The van der Waals surface area contributed by atoms with Crippen molar-refractivity contribution in [3.8, 4) is 5.75 Å². The second-order valence-corrected chi connectivity index (χ2v) is 5.68. The lowest BCUT2D eigenvalue weighted by atomic mass is 9.98. The zero-order valence-corrected chi connectivity index (χ0v) is 11.9. The van der Waals surface area contributed by atoms with Gasteiger partial charge in [0.15, 0.2) is 11.6 Å². The van der Waals surface area contributed by atoms with Gasteiger partial charge in [-0.2, -0.15) is 0 Å². The molecule has 0 amide bonds. The van der Waals surface area contributed by atoms with Crippen LogP contribution in [-0.2, 0) is 0 Å². The summed E-state index contributed by atoms with van der Waals surface area (Å²) in [5, 5.41) is 0. The summed E-state index contributed by atoms with van der Waals surface area (Å²) in [5.74, 6) is 0.655. The predicted octanol–water partition coefficient (Wildman–Crippen LogP) is 3.43. The van der Waals surface area contributed by atoms with Crippen LogP contribution in [0.25, 0.3) is 0 Å². The van der Waals surface area contributed by atoms with Crippen LogP contribution in [0.2, 0.25) is 0 Å². The van der Waals surface area contributed by atoms with Crippen molar-refractivity contribution in [2.24, 2.45) is 5.92 Å². The average Bonchev–Trinajstić information content (AvgIpc) is 2.33. The Morgan fingerprint density at radius 2 is 1.95 bits per heavy atom. The molecule has 0 saturated carbocycles. The highest BCUT2D eigenvalue weighted by Gasteiger charge is 2.20. The zero-order chi connectivity index (χ0) is 14.0. The second-order valence-electron chi connectivity index (χ2n) is 5.68. The van der Waals surface area contributed by atoms with E-state index in [1.807, 2.05) is 13.8 Å². The summed E-state index contributed by atoms with van der Waals surface area (Å²) in [4.78, 5) is 2.22.